The Kier molecular flexibility index (Phi) is 3.24. The molecule has 4 heteroatoms. The van der Waals surface area contributed by atoms with Crippen LogP contribution in [0.4, 0.5) is 0 Å². The van der Waals surface area contributed by atoms with E-state index in [2.05, 4.69) is 36.6 Å². The fourth-order valence-electron chi connectivity index (χ4n) is 3.51. The standard InChI is InChI=1S/C17H24N2O2/c1-10-6-13-15(7-17(4,5)8-16(13)20)19(10)9-14-11(2)18-21-12(14)3/h6,16,20H,7-9H2,1-5H3. The van der Waals surface area contributed by atoms with E-state index < -0.39 is 0 Å². The zero-order chi connectivity index (χ0) is 15.4. The highest BCUT2D eigenvalue weighted by molar-refractivity contribution is 5.35. The molecule has 3 rings (SSSR count). The molecule has 0 aliphatic heterocycles. The summed E-state index contributed by atoms with van der Waals surface area (Å²) in [5.74, 6) is 0.880. The molecule has 2 aromatic rings. The van der Waals surface area contributed by atoms with Crippen LogP contribution >= 0.6 is 0 Å². The van der Waals surface area contributed by atoms with Crippen LogP contribution < -0.4 is 0 Å². The van der Waals surface area contributed by atoms with Crippen molar-refractivity contribution >= 4 is 0 Å². The van der Waals surface area contributed by atoms with Gasteiger partial charge in [0.1, 0.15) is 5.76 Å². The second-order valence-corrected chi connectivity index (χ2v) is 7.14. The number of aryl methyl sites for hydroxylation is 3. The first kappa shape index (κ1) is 14.4. The first-order valence-electron chi connectivity index (χ1n) is 7.57. The summed E-state index contributed by atoms with van der Waals surface area (Å²) in [5, 5.41) is 14.5. The van der Waals surface area contributed by atoms with Crippen molar-refractivity contribution in [2.45, 2.75) is 60.1 Å². The molecule has 0 amide bonds. The predicted octanol–water partition coefficient (Wildman–Crippen LogP) is 3.46. The molecule has 1 N–H and O–H groups in total. The van der Waals surface area contributed by atoms with Gasteiger partial charge in [0.15, 0.2) is 0 Å². The maximum Gasteiger partial charge on any atom is 0.138 e. The lowest BCUT2D eigenvalue weighted by atomic mass is 9.75. The number of aromatic nitrogens is 2. The minimum Gasteiger partial charge on any atom is -0.388 e. The van der Waals surface area contributed by atoms with Crippen LogP contribution in [0.5, 0.6) is 0 Å². The second-order valence-electron chi connectivity index (χ2n) is 7.14. The monoisotopic (exact) mass is 288 g/mol. The Morgan fingerprint density at radius 1 is 1.38 bits per heavy atom. The molecule has 0 saturated carbocycles. The van der Waals surface area contributed by atoms with Crippen LogP contribution in [0.1, 0.15) is 60.3 Å². The van der Waals surface area contributed by atoms with Gasteiger partial charge in [-0.25, -0.2) is 0 Å². The van der Waals surface area contributed by atoms with Gasteiger partial charge in [-0.1, -0.05) is 19.0 Å². The Bertz CT molecular complexity index is 660. The molecule has 1 unspecified atom stereocenters. The first-order valence-corrected chi connectivity index (χ1v) is 7.57. The van der Waals surface area contributed by atoms with Gasteiger partial charge >= 0.3 is 0 Å². The molecule has 2 aromatic heterocycles. The van der Waals surface area contributed by atoms with Gasteiger partial charge in [0.25, 0.3) is 0 Å². The lowest BCUT2D eigenvalue weighted by Crippen LogP contribution is -2.27. The maximum absolute atomic E-state index is 10.4. The van der Waals surface area contributed by atoms with Gasteiger partial charge in [0.2, 0.25) is 0 Å². The first-order chi connectivity index (χ1) is 9.78. The number of nitrogens with zero attached hydrogens (tertiary/aromatic N) is 2. The Morgan fingerprint density at radius 2 is 2.10 bits per heavy atom. The van der Waals surface area contributed by atoms with E-state index in [1.165, 1.54) is 11.4 Å². The summed E-state index contributed by atoms with van der Waals surface area (Å²) >= 11 is 0. The molecule has 4 nitrogen and oxygen atoms in total. The van der Waals surface area contributed by atoms with Crippen LogP contribution in [0, 0.1) is 26.2 Å². The fraction of sp³-hybridized carbons (Fsp3) is 0.588. The van der Waals surface area contributed by atoms with E-state index in [9.17, 15) is 5.11 Å². The lowest BCUT2D eigenvalue weighted by Gasteiger charge is -2.34. The van der Waals surface area contributed by atoms with E-state index >= 15 is 0 Å². The zero-order valence-corrected chi connectivity index (χ0v) is 13.5. The molecule has 1 aliphatic rings. The number of aliphatic hydroxyl groups is 1. The molecule has 0 bridgehead atoms. The van der Waals surface area contributed by atoms with Crippen molar-refractivity contribution in [3.05, 3.63) is 40.0 Å². The summed E-state index contributed by atoms with van der Waals surface area (Å²) in [7, 11) is 0. The molecule has 0 radical (unpaired) electrons. The summed E-state index contributed by atoms with van der Waals surface area (Å²) in [6.07, 6.45) is 1.47. The highest BCUT2D eigenvalue weighted by Crippen LogP contribution is 2.42. The smallest absolute Gasteiger partial charge is 0.138 e. The van der Waals surface area contributed by atoms with Crippen molar-refractivity contribution in [1.29, 1.82) is 0 Å². The summed E-state index contributed by atoms with van der Waals surface area (Å²) in [6, 6.07) is 2.13. The zero-order valence-electron chi connectivity index (χ0n) is 13.5. The highest BCUT2D eigenvalue weighted by Gasteiger charge is 2.34. The van der Waals surface area contributed by atoms with Crippen LogP contribution in [0.25, 0.3) is 0 Å². The number of hydrogen-bond donors (Lipinski definition) is 1. The average molecular weight is 288 g/mol. The highest BCUT2D eigenvalue weighted by atomic mass is 16.5. The molecule has 0 saturated heterocycles. The van der Waals surface area contributed by atoms with E-state index in [0.717, 1.165) is 42.0 Å². The molecule has 2 heterocycles. The Labute approximate surface area is 125 Å². The summed E-state index contributed by atoms with van der Waals surface area (Å²) in [6.45, 7) is 11.3. The quantitative estimate of drug-likeness (QED) is 0.920. The third-order valence-corrected chi connectivity index (χ3v) is 4.70. The van der Waals surface area contributed by atoms with Gasteiger partial charge in [-0.2, -0.15) is 0 Å². The fourth-order valence-corrected chi connectivity index (χ4v) is 3.51. The van der Waals surface area contributed by atoms with Crippen LogP contribution in [0.15, 0.2) is 10.6 Å². The molecular weight excluding hydrogens is 264 g/mol. The third-order valence-electron chi connectivity index (χ3n) is 4.70. The van der Waals surface area contributed by atoms with Crippen molar-refractivity contribution < 1.29 is 9.63 Å². The van der Waals surface area contributed by atoms with Crippen LogP contribution in [-0.2, 0) is 13.0 Å². The van der Waals surface area contributed by atoms with Gasteiger partial charge in [0, 0.05) is 22.5 Å². The minimum absolute atomic E-state index is 0.133. The molecule has 0 spiro atoms. The Morgan fingerprint density at radius 3 is 2.71 bits per heavy atom. The molecule has 1 aliphatic carbocycles. The normalized spacial score (nSPS) is 20.6. The molecular formula is C17H24N2O2. The van der Waals surface area contributed by atoms with Crippen LogP contribution in [0.2, 0.25) is 0 Å². The van der Waals surface area contributed by atoms with Crippen molar-refractivity contribution in [1.82, 2.24) is 9.72 Å². The van der Waals surface area contributed by atoms with E-state index in [-0.39, 0.29) is 11.5 Å². The van der Waals surface area contributed by atoms with E-state index in [4.69, 9.17) is 4.52 Å². The third kappa shape index (κ3) is 2.42. The SMILES string of the molecule is Cc1noc(C)c1Cn1c(C)cc2c1CC(C)(C)CC2O. The van der Waals surface area contributed by atoms with Gasteiger partial charge < -0.3 is 14.2 Å². The van der Waals surface area contributed by atoms with Gasteiger partial charge in [-0.3, -0.25) is 0 Å². The number of hydrogen-bond acceptors (Lipinski definition) is 3. The average Bonchev–Trinajstić information content (AvgIpc) is 2.84. The number of rotatable bonds is 2. The number of fused-ring (bicyclic) bond motifs is 1. The molecule has 21 heavy (non-hydrogen) atoms. The van der Waals surface area contributed by atoms with E-state index in [0.29, 0.717) is 0 Å². The van der Waals surface area contributed by atoms with Crippen molar-refractivity contribution in [2.75, 3.05) is 0 Å². The Balaban J connectivity index is 2.05. The predicted molar refractivity (Wildman–Crippen MR) is 81.3 cm³/mol. The second kappa shape index (κ2) is 4.73. The molecule has 0 fully saturated rings. The van der Waals surface area contributed by atoms with Gasteiger partial charge in [-0.15, -0.1) is 0 Å². The Hall–Kier alpha value is -1.55. The molecule has 0 aromatic carbocycles. The summed E-state index contributed by atoms with van der Waals surface area (Å²) in [5.41, 5.74) is 5.78. The van der Waals surface area contributed by atoms with Crippen molar-refractivity contribution in [3.8, 4) is 0 Å². The van der Waals surface area contributed by atoms with Gasteiger partial charge in [0.05, 0.1) is 18.3 Å². The lowest BCUT2D eigenvalue weighted by molar-refractivity contribution is 0.0981. The van der Waals surface area contributed by atoms with Crippen LogP contribution in [-0.4, -0.2) is 14.8 Å². The van der Waals surface area contributed by atoms with Crippen LogP contribution in [0.3, 0.4) is 0 Å². The van der Waals surface area contributed by atoms with Gasteiger partial charge in [-0.05, 0) is 45.1 Å². The minimum atomic E-state index is -0.353. The maximum atomic E-state index is 10.4. The molecule has 114 valence electrons. The topological polar surface area (TPSA) is 51.2 Å². The largest absolute Gasteiger partial charge is 0.388 e. The van der Waals surface area contributed by atoms with E-state index in [1.54, 1.807) is 0 Å². The molecule has 1 atom stereocenters. The van der Waals surface area contributed by atoms with Crippen molar-refractivity contribution in [3.63, 3.8) is 0 Å². The summed E-state index contributed by atoms with van der Waals surface area (Å²) < 4.78 is 7.59. The number of aliphatic hydroxyl groups excluding tert-OH is 1. The van der Waals surface area contributed by atoms with Crippen molar-refractivity contribution in [2.24, 2.45) is 5.41 Å². The summed E-state index contributed by atoms with van der Waals surface area (Å²) in [4.78, 5) is 0. The van der Waals surface area contributed by atoms with E-state index in [1.807, 2.05) is 13.8 Å².